The molecule has 0 N–H and O–H groups in total. The predicted molar refractivity (Wildman–Crippen MR) is 70.4 cm³/mol. The lowest BCUT2D eigenvalue weighted by atomic mass is 10.0. The highest BCUT2D eigenvalue weighted by atomic mass is 19.3. The van der Waals surface area contributed by atoms with Crippen LogP contribution >= 0.6 is 0 Å². The Morgan fingerprint density at radius 2 is 2.00 bits per heavy atom. The van der Waals surface area contributed by atoms with Gasteiger partial charge in [-0.05, 0) is 19.1 Å². The van der Waals surface area contributed by atoms with Gasteiger partial charge in [0.25, 0.3) is 0 Å². The lowest BCUT2D eigenvalue weighted by Gasteiger charge is -2.17. The van der Waals surface area contributed by atoms with E-state index in [0.717, 1.165) is 24.5 Å². The predicted octanol–water partition coefficient (Wildman–Crippen LogP) is 3.16. The van der Waals surface area contributed by atoms with Gasteiger partial charge < -0.3 is 4.74 Å². The second-order valence-corrected chi connectivity index (χ2v) is 4.01. The Labute approximate surface area is 119 Å². The van der Waals surface area contributed by atoms with Gasteiger partial charge in [0.1, 0.15) is 17.8 Å². The normalized spacial score (nSPS) is 10.7. The lowest BCUT2D eigenvalue weighted by Crippen LogP contribution is -2.19. The summed E-state index contributed by atoms with van der Waals surface area (Å²) < 4.78 is 47.3. The number of aromatic nitrogens is 2. The quantitative estimate of drug-likeness (QED) is 0.812. The number of ether oxygens (including phenoxy) is 1. The van der Waals surface area contributed by atoms with E-state index in [4.69, 9.17) is 4.74 Å². The summed E-state index contributed by atoms with van der Waals surface area (Å²) in [5.41, 5.74) is -1.38. The molecular formula is C15H11F3N2O. The number of alkyl halides is 2. The molecule has 0 spiro atoms. The Balaban J connectivity index is 2.33. The number of hydrogen-bond acceptors (Lipinski definition) is 3. The molecule has 0 radical (unpaired) electrons. The first-order valence-electron chi connectivity index (χ1n) is 6.03. The molecule has 0 amide bonds. The average molecular weight is 292 g/mol. The highest BCUT2D eigenvalue weighted by molar-refractivity contribution is 5.32. The van der Waals surface area contributed by atoms with Gasteiger partial charge in [0.2, 0.25) is 5.88 Å². The molecule has 3 nitrogen and oxygen atoms in total. The van der Waals surface area contributed by atoms with E-state index in [1.807, 2.05) is 0 Å². The van der Waals surface area contributed by atoms with Crippen LogP contribution in [0.15, 0.2) is 36.7 Å². The molecule has 0 aliphatic carbocycles. The molecule has 1 aromatic carbocycles. The summed E-state index contributed by atoms with van der Waals surface area (Å²) in [7, 11) is 0. The van der Waals surface area contributed by atoms with Crippen molar-refractivity contribution in [2.45, 2.75) is 12.8 Å². The molecule has 2 aromatic rings. The zero-order valence-electron chi connectivity index (χ0n) is 11.1. The molecule has 0 saturated carbocycles. The van der Waals surface area contributed by atoms with Crippen LogP contribution in [0.4, 0.5) is 13.2 Å². The van der Waals surface area contributed by atoms with E-state index in [2.05, 4.69) is 21.8 Å². The van der Waals surface area contributed by atoms with Gasteiger partial charge >= 0.3 is 5.92 Å². The van der Waals surface area contributed by atoms with Gasteiger partial charge in [-0.2, -0.15) is 8.78 Å². The van der Waals surface area contributed by atoms with Crippen LogP contribution in [0.5, 0.6) is 5.88 Å². The van der Waals surface area contributed by atoms with Crippen molar-refractivity contribution in [1.82, 2.24) is 9.97 Å². The molecule has 1 aromatic heterocycles. The molecule has 0 aliphatic heterocycles. The van der Waals surface area contributed by atoms with E-state index in [0.29, 0.717) is 0 Å². The first kappa shape index (κ1) is 14.9. The third kappa shape index (κ3) is 3.31. The van der Waals surface area contributed by atoms with E-state index < -0.39 is 23.0 Å². The number of rotatable bonds is 4. The van der Waals surface area contributed by atoms with Crippen molar-refractivity contribution in [2.24, 2.45) is 0 Å². The second-order valence-electron chi connectivity index (χ2n) is 4.01. The topological polar surface area (TPSA) is 35.0 Å². The van der Waals surface area contributed by atoms with Crippen LogP contribution in [0.2, 0.25) is 0 Å². The fourth-order valence-electron chi connectivity index (χ4n) is 1.63. The molecule has 6 heteroatoms. The van der Waals surface area contributed by atoms with E-state index >= 15 is 0 Å². The van der Waals surface area contributed by atoms with Gasteiger partial charge in [-0.3, -0.25) is 0 Å². The second kappa shape index (κ2) is 6.27. The summed E-state index contributed by atoms with van der Waals surface area (Å²) in [5, 5.41) is 0. The minimum atomic E-state index is -3.58. The van der Waals surface area contributed by atoms with E-state index in [1.54, 1.807) is 6.92 Å². The van der Waals surface area contributed by atoms with Gasteiger partial charge in [0.05, 0.1) is 5.56 Å². The van der Waals surface area contributed by atoms with Crippen molar-refractivity contribution >= 4 is 0 Å². The third-order valence-electron chi connectivity index (χ3n) is 2.64. The number of hydrogen-bond donors (Lipinski definition) is 0. The number of benzene rings is 1. The van der Waals surface area contributed by atoms with Crippen LogP contribution in [-0.2, 0) is 5.92 Å². The standard InChI is InChI=1S/C15H11F3N2O/c1-2-3-8-21-14-9-13(19-10-20-14)15(17,18)11-6-4-5-7-12(11)16/h4-7,9-10H,8H2,1H3. The Bertz CT molecular complexity index is 693. The summed E-state index contributed by atoms with van der Waals surface area (Å²) in [6, 6.07) is 5.64. The first-order valence-corrected chi connectivity index (χ1v) is 6.03. The SMILES string of the molecule is CC#CCOc1cc(C(F)(F)c2ccccc2F)ncn1. The fraction of sp³-hybridized carbons (Fsp3) is 0.200. The average Bonchev–Trinajstić information content (AvgIpc) is 2.48. The monoisotopic (exact) mass is 292 g/mol. The molecule has 0 saturated heterocycles. The molecule has 108 valence electrons. The molecule has 2 rings (SSSR count). The van der Waals surface area contributed by atoms with Crippen LogP contribution < -0.4 is 4.74 Å². The van der Waals surface area contributed by atoms with E-state index in [9.17, 15) is 13.2 Å². The molecular weight excluding hydrogens is 281 g/mol. The molecule has 0 bridgehead atoms. The van der Waals surface area contributed by atoms with Crippen molar-refractivity contribution in [3.63, 3.8) is 0 Å². The maximum Gasteiger partial charge on any atom is 0.317 e. The van der Waals surface area contributed by atoms with Gasteiger partial charge in [0, 0.05) is 6.07 Å². The largest absolute Gasteiger partial charge is 0.464 e. The fourth-order valence-corrected chi connectivity index (χ4v) is 1.63. The van der Waals surface area contributed by atoms with E-state index in [-0.39, 0.29) is 12.5 Å². The number of halogens is 3. The van der Waals surface area contributed by atoms with Gasteiger partial charge in [-0.25, -0.2) is 14.4 Å². The zero-order valence-corrected chi connectivity index (χ0v) is 11.1. The molecule has 21 heavy (non-hydrogen) atoms. The number of nitrogens with zero attached hydrogens (tertiary/aromatic N) is 2. The minimum absolute atomic E-state index is 0.0260. The van der Waals surface area contributed by atoms with Gasteiger partial charge in [-0.1, -0.05) is 18.1 Å². The Morgan fingerprint density at radius 1 is 1.24 bits per heavy atom. The van der Waals surface area contributed by atoms with Crippen LogP contribution in [-0.4, -0.2) is 16.6 Å². The van der Waals surface area contributed by atoms with Crippen molar-refractivity contribution in [3.8, 4) is 17.7 Å². The maximum atomic E-state index is 14.3. The Hall–Kier alpha value is -2.55. The zero-order chi connectivity index (χ0) is 15.3. The van der Waals surface area contributed by atoms with Crippen molar-refractivity contribution in [2.75, 3.05) is 6.61 Å². The lowest BCUT2D eigenvalue weighted by molar-refractivity contribution is 0.0336. The molecule has 0 fully saturated rings. The first-order chi connectivity index (χ1) is 10.1. The molecule has 1 heterocycles. The van der Waals surface area contributed by atoms with Crippen molar-refractivity contribution < 1.29 is 17.9 Å². The summed E-state index contributed by atoms with van der Waals surface area (Å²) in [4.78, 5) is 7.23. The Kier molecular flexibility index (Phi) is 4.43. The van der Waals surface area contributed by atoms with Crippen LogP contribution in [0, 0.1) is 17.7 Å². The summed E-state index contributed by atoms with van der Waals surface area (Å²) in [5.74, 6) is 0.593. The Morgan fingerprint density at radius 3 is 2.71 bits per heavy atom. The maximum absolute atomic E-state index is 14.3. The molecule has 0 unspecified atom stereocenters. The van der Waals surface area contributed by atoms with Crippen molar-refractivity contribution in [1.29, 1.82) is 0 Å². The summed E-state index contributed by atoms with van der Waals surface area (Å²) >= 11 is 0. The van der Waals surface area contributed by atoms with Crippen LogP contribution in [0.1, 0.15) is 18.2 Å². The summed E-state index contributed by atoms with van der Waals surface area (Å²) in [6.07, 6.45) is 0.943. The highest BCUT2D eigenvalue weighted by Crippen LogP contribution is 2.36. The van der Waals surface area contributed by atoms with Gasteiger partial charge in [0.15, 0.2) is 6.61 Å². The smallest absolute Gasteiger partial charge is 0.317 e. The van der Waals surface area contributed by atoms with Crippen molar-refractivity contribution in [3.05, 3.63) is 53.7 Å². The van der Waals surface area contributed by atoms with E-state index in [1.165, 1.54) is 12.1 Å². The minimum Gasteiger partial charge on any atom is -0.464 e. The van der Waals surface area contributed by atoms with Gasteiger partial charge in [-0.15, -0.1) is 5.92 Å². The van der Waals surface area contributed by atoms with Crippen LogP contribution in [0.25, 0.3) is 0 Å². The highest BCUT2D eigenvalue weighted by Gasteiger charge is 2.38. The molecule has 0 aliphatic rings. The third-order valence-corrected chi connectivity index (χ3v) is 2.64. The molecule has 0 atom stereocenters. The summed E-state index contributed by atoms with van der Waals surface area (Å²) in [6.45, 7) is 1.65. The van der Waals surface area contributed by atoms with Crippen LogP contribution in [0.3, 0.4) is 0 Å².